The normalized spacial score (nSPS) is 15.1. The standard InChI is InChI=1S/C27H32N2O6/c1-19-6-7-25-21(14-19)17-23(27(31)35-25)18-22(26(30)28-32)15-20-4-2-5-24(16-20)34-11-3-8-29-9-12-33-13-10-29/h2,4-7,14,16-17,22,32H,3,8-13,15,18H2,1H3,(H,28,30). The summed E-state index contributed by atoms with van der Waals surface area (Å²) < 4.78 is 16.8. The van der Waals surface area contributed by atoms with E-state index in [4.69, 9.17) is 13.9 Å². The van der Waals surface area contributed by atoms with E-state index in [-0.39, 0.29) is 6.42 Å². The number of morpholine rings is 1. The molecule has 2 aromatic carbocycles. The van der Waals surface area contributed by atoms with E-state index >= 15 is 0 Å². The van der Waals surface area contributed by atoms with Crippen LogP contribution in [-0.4, -0.2) is 55.5 Å². The van der Waals surface area contributed by atoms with Gasteiger partial charge in [-0.15, -0.1) is 0 Å². The Kier molecular flexibility index (Phi) is 8.52. The van der Waals surface area contributed by atoms with E-state index in [1.54, 1.807) is 17.6 Å². The first-order valence-electron chi connectivity index (χ1n) is 12.0. The molecule has 0 saturated carbocycles. The third-order valence-corrected chi connectivity index (χ3v) is 6.28. The summed E-state index contributed by atoms with van der Waals surface area (Å²) in [5, 5.41) is 10.1. The van der Waals surface area contributed by atoms with E-state index < -0.39 is 17.5 Å². The number of amides is 1. The Morgan fingerprint density at radius 3 is 2.77 bits per heavy atom. The highest BCUT2D eigenvalue weighted by Crippen LogP contribution is 2.21. The van der Waals surface area contributed by atoms with Crippen LogP contribution in [0.2, 0.25) is 0 Å². The third-order valence-electron chi connectivity index (χ3n) is 6.28. The number of hydroxylamine groups is 1. The first-order chi connectivity index (χ1) is 17.0. The summed E-state index contributed by atoms with van der Waals surface area (Å²) >= 11 is 0. The second kappa shape index (κ2) is 12.0. The molecular weight excluding hydrogens is 448 g/mol. The van der Waals surface area contributed by atoms with Gasteiger partial charge in [-0.3, -0.25) is 14.9 Å². The van der Waals surface area contributed by atoms with Crippen LogP contribution >= 0.6 is 0 Å². The van der Waals surface area contributed by atoms with Crippen LogP contribution in [-0.2, 0) is 22.4 Å². The van der Waals surface area contributed by atoms with Crippen LogP contribution in [0.25, 0.3) is 11.0 Å². The van der Waals surface area contributed by atoms with Gasteiger partial charge in [0.15, 0.2) is 0 Å². The average molecular weight is 481 g/mol. The van der Waals surface area contributed by atoms with Crippen molar-refractivity contribution in [3.05, 3.63) is 75.6 Å². The molecule has 3 aromatic rings. The number of ether oxygens (including phenoxy) is 2. The van der Waals surface area contributed by atoms with Crippen LogP contribution in [0.4, 0.5) is 0 Å². The zero-order chi connectivity index (χ0) is 24.6. The number of benzene rings is 2. The number of carbonyl (C=O) groups excluding carboxylic acids is 1. The van der Waals surface area contributed by atoms with E-state index in [9.17, 15) is 14.8 Å². The molecule has 0 spiro atoms. The van der Waals surface area contributed by atoms with Crippen molar-refractivity contribution in [2.75, 3.05) is 39.5 Å². The van der Waals surface area contributed by atoms with Crippen molar-refractivity contribution in [1.29, 1.82) is 0 Å². The fourth-order valence-electron chi connectivity index (χ4n) is 4.39. The molecule has 1 atom stereocenters. The van der Waals surface area contributed by atoms with E-state index in [1.165, 1.54) is 0 Å². The highest BCUT2D eigenvalue weighted by molar-refractivity contribution is 5.79. The van der Waals surface area contributed by atoms with Crippen molar-refractivity contribution in [3.8, 4) is 5.75 Å². The second-order valence-electron chi connectivity index (χ2n) is 8.99. The summed E-state index contributed by atoms with van der Waals surface area (Å²) in [6.45, 7) is 7.01. The number of hydrogen-bond donors (Lipinski definition) is 2. The number of rotatable bonds is 10. The van der Waals surface area contributed by atoms with Crippen LogP contribution in [0.5, 0.6) is 5.75 Å². The van der Waals surface area contributed by atoms with Gasteiger partial charge >= 0.3 is 5.63 Å². The Labute approximate surface area is 204 Å². The van der Waals surface area contributed by atoms with Crippen LogP contribution in [0.15, 0.2) is 57.7 Å². The Balaban J connectivity index is 1.40. The van der Waals surface area contributed by atoms with Gasteiger partial charge in [-0.25, -0.2) is 10.3 Å². The van der Waals surface area contributed by atoms with Gasteiger partial charge in [0.25, 0.3) is 0 Å². The summed E-state index contributed by atoms with van der Waals surface area (Å²) in [5.74, 6) is -0.472. The van der Waals surface area contributed by atoms with Crippen molar-refractivity contribution in [3.63, 3.8) is 0 Å². The van der Waals surface area contributed by atoms with Gasteiger partial charge in [0.1, 0.15) is 11.3 Å². The third kappa shape index (κ3) is 6.91. The summed E-state index contributed by atoms with van der Waals surface area (Å²) in [6.07, 6.45) is 1.39. The highest BCUT2D eigenvalue weighted by Gasteiger charge is 2.22. The fraction of sp³-hybridized carbons (Fsp3) is 0.407. The molecule has 0 bridgehead atoms. The highest BCUT2D eigenvalue weighted by atomic mass is 16.5. The van der Waals surface area contributed by atoms with Gasteiger partial charge in [0, 0.05) is 36.5 Å². The molecule has 2 N–H and O–H groups in total. The van der Waals surface area contributed by atoms with Gasteiger partial charge in [-0.05, 0) is 62.1 Å². The minimum atomic E-state index is -0.651. The summed E-state index contributed by atoms with van der Waals surface area (Å²) in [5.41, 5.74) is 4.09. The zero-order valence-corrected chi connectivity index (χ0v) is 20.0. The SMILES string of the molecule is Cc1ccc2oc(=O)c(CC(Cc3cccc(OCCCN4CCOCC4)c3)C(=O)NO)cc2c1. The monoisotopic (exact) mass is 480 g/mol. The second-order valence-corrected chi connectivity index (χ2v) is 8.99. The average Bonchev–Trinajstić information content (AvgIpc) is 2.87. The molecule has 35 heavy (non-hydrogen) atoms. The van der Waals surface area contributed by atoms with E-state index in [0.29, 0.717) is 24.2 Å². The quantitative estimate of drug-likeness (QED) is 0.199. The molecular formula is C27H32N2O6. The van der Waals surface area contributed by atoms with Crippen LogP contribution < -0.4 is 15.8 Å². The van der Waals surface area contributed by atoms with E-state index in [1.807, 2.05) is 43.3 Å². The molecule has 4 rings (SSSR count). The molecule has 2 heterocycles. The van der Waals surface area contributed by atoms with E-state index in [2.05, 4.69) is 4.90 Å². The molecule has 8 heteroatoms. The Hall–Kier alpha value is -3.20. The predicted molar refractivity (Wildman–Crippen MR) is 132 cm³/mol. The van der Waals surface area contributed by atoms with Crippen LogP contribution in [0.1, 0.15) is 23.1 Å². The summed E-state index contributed by atoms with van der Waals surface area (Å²) in [6, 6.07) is 14.9. The molecule has 8 nitrogen and oxygen atoms in total. The number of aryl methyl sites for hydroxylation is 1. The molecule has 1 aromatic heterocycles. The lowest BCUT2D eigenvalue weighted by Gasteiger charge is -2.26. The number of nitrogens with one attached hydrogen (secondary N) is 1. The van der Waals surface area contributed by atoms with Crippen molar-refractivity contribution >= 4 is 16.9 Å². The van der Waals surface area contributed by atoms with Crippen LogP contribution in [0, 0.1) is 12.8 Å². The van der Waals surface area contributed by atoms with Gasteiger partial charge in [-0.1, -0.05) is 23.8 Å². The van der Waals surface area contributed by atoms with Crippen molar-refractivity contribution in [1.82, 2.24) is 10.4 Å². The maximum atomic E-state index is 12.5. The molecule has 1 fully saturated rings. The van der Waals surface area contributed by atoms with Gasteiger partial charge in [-0.2, -0.15) is 0 Å². The van der Waals surface area contributed by atoms with Gasteiger partial charge in [0.05, 0.1) is 19.8 Å². The summed E-state index contributed by atoms with van der Waals surface area (Å²) in [4.78, 5) is 27.4. The molecule has 1 aliphatic rings. The Morgan fingerprint density at radius 2 is 1.97 bits per heavy atom. The Bertz CT molecular complexity index is 1200. The summed E-state index contributed by atoms with van der Waals surface area (Å²) in [7, 11) is 0. The van der Waals surface area contributed by atoms with Crippen molar-refractivity contribution in [2.45, 2.75) is 26.2 Å². The van der Waals surface area contributed by atoms with E-state index in [0.717, 1.165) is 61.5 Å². The molecule has 1 amide bonds. The lowest BCUT2D eigenvalue weighted by molar-refractivity contribution is -0.133. The first-order valence-corrected chi connectivity index (χ1v) is 12.0. The number of carbonyl (C=O) groups is 1. The minimum Gasteiger partial charge on any atom is -0.494 e. The maximum Gasteiger partial charge on any atom is 0.339 e. The zero-order valence-electron chi connectivity index (χ0n) is 20.0. The molecule has 186 valence electrons. The molecule has 1 aliphatic heterocycles. The smallest absolute Gasteiger partial charge is 0.339 e. The molecule has 0 radical (unpaired) electrons. The Morgan fingerprint density at radius 1 is 1.14 bits per heavy atom. The lowest BCUT2D eigenvalue weighted by Crippen LogP contribution is -2.37. The van der Waals surface area contributed by atoms with Gasteiger partial charge in [0.2, 0.25) is 5.91 Å². The predicted octanol–water partition coefficient (Wildman–Crippen LogP) is 3.11. The topological polar surface area (TPSA) is 101 Å². The van der Waals surface area contributed by atoms with Crippen molar-refractivity contribution < 1.29 is 23.9 Å². The van der Waals surface area contributed by atoms with Gasteiger partial charge < -0.3 is 13.9 Å². The minimum absolute atomic E-state index is 0.142. The number of fused-ring (bicyclic) bond motifs is 1. The first kappa shape index (κ1) is 24.9. The number of nitrogens with zero attached hydrogens (tertiary/aromatic N) is 1. The molecule has 0 aliphatic carbocycles. The van der Waals surface area contributed by atoms with Crippen LogP contribution in [0.3, 0.4) is 0 Å². The lowest BCUT2D eigenvalue weighted by atomic mass is 9.92. The largest absolute Gasteiger partial charge is 0.494 e. The fourth-order valence-corrected chi connectivity index (χ4v) is 4.39. The molecule has 1 unspecified atom stereocenters. The van der Waals surface area contributed by atoms with Crippen molar-refractivity contribution in [2.24, 2.45) is 5.92 Å². The molecule has 1 saturated heterocycles. The number of hydrogen-bond acceptors (Lipinski definition) is 7. The maximum absolute atomic E-state index is 12.5.